The molecule has 0 bridgehead atoms. The molecule has 0 spiro atoms. The molecule has 0 aliphatic carbocycles. The van der Waals surface area contributed by atoms with Gasteiger partial charge in [0.15, 0.2) is 15.1 Å². The third kappa shape index (κ3) is 6.53. The standard InChI is InChI=1S/C19H29NO6S/c1-18(2,3)26-17(22)20-13-19(4,5)27(23,24)15(16(21)25-6)12-14-10-8-7-9-11-14/h7-11,15H,12-13H2,1-6H3,(H,20,22). The van der Waals surface area contributed by atoms with Crippen molar-refractivity contribution in [3.63, 3.8) is 0 Å². The van der Waals surface area contributed by atoms with Gasteiger partial charge in [-0.05, 0) is 46.6 Å². The highest BCUT2D eigenvalue weighted by atomic mass is 32.2. The number of carbonyl (C=O) groups excluding carboxylic acids is 2. The number of amides is 1. The van der Waals surface area contributed by atoms with E-state index in [4.69, 9.17) is 9.47 Å². The highest BCUT2D eigenvalue weighted by Crippen LogP contribution is 2.25. The first-order chi connectivity index (χ1) is 12.3. The average molecular weight is 400 g/mol. The van der Waals surface area contributed by atoms with Gasteiger partial charge in [-0.15, -0.1) is 0 Å². The first-order valence-electron chi connectivity index (χ1n) is 8.62. The zero-order chi connectivity index (χ0) is 20.9. The van der Waals surface area contributed by atoms with Crippen LogP contribution in [0.15, 0.2) is 30.3 Å². The number of alkyl carbamates (subject to hydrolysis) is 1. The molecule has 0 radical (unpaired) electrons. The molecule has 0 aliphatic rings. The first kappa shape index (κ1) is 23.0. The second-order valence-electron chi connectivity index (χ2n) is 7.86. The maximum atomic E-state index is 13.2. The molecule has 1 rings (SSSR count). The van der Waals surface area contributed by atoms with Crippen molar-refractivity contribution in [2.45, 2.75) is 56.6 Å². The van der Waals surface area contributed by atoms with E-state index in [0.29, 0.717) is 5.56 Å². The minimum absolute atomic E-state index is 0.00822. The topological polar surface area (TPSA) is 98.8 Å². The van der Waals surface area contributed by atoms with E-state index in [1.165, 1.54) is 13.8 Å². The number of hydrogen-bond acceptors (Lipinski definition) is 6. The summed E-state index contributed by atoms with van der Waals surface area (Å²) in [5.74, 6) is -0.829. The minimum Gasteiger partial charge on any atom is -0.468 e. The van der Waals surface area contributed by atoms with Gasteiger partial charge in [0.25, 0.3) is 0 Å². The number of rotatable bonds is 7. The van der Waals surface area contributed by atoms with Crippen molar-refractivity contribution < 1.29 is 27.5 Å². The van der Waals surface area contributed by atoms with Crippen LogP contribution in [-0.4, -0.2) is 49.7 Å². The monoisotopic (exact) mass is 399 g/mol. The van der Waals surface area contributed by atoms with Gasteiger partial charge in [0.05, 0.1) is 11.9 Å². The lowest BCUT2D eigenvalue weighted by Gasteiger charge is -2.30. The predicted molar refractivity (Wildman–Crippen MR) is 103 cm³/mol. The Balaban J connectivity index is 3.01. The molecule has 0 saturated heterocycles. The molecule has 8 heteroatoms. The Hall–Kier alpha value is -2.09. The van der Waals surface area contributed by atoms with E-state index in [9.17, 15) is 18.0 Å². The van der Waals surface area contributed by atoms with Crippen molar-refractivity contribution >= 4 is 21.9 Å². The van der Waals surface area contributed by atoms with Gasteiger partial charge in [0.2, 0.25) is 0 Å². The van der Waals surface area contributed by atoms with Crippen LogP contribution in [0, 0.1) is 0 Å². The van der Waals surface area contributed by atoms with Crippen molar-refractivity contribution in [3.05, 3.63) is 35.9 Å². The number of carbonyl (C=O) groups is 2. The maximum absolute atomic E-state index is 13.2. The maximum Gasteiger partial charge on any atom is 0.407 e. The van der Waals surface area contributed by atoms with Gasteiger partial charge < -0.3 is 14.8 Å². The molecule has 152 valence electrons. The number of hydrogen-bond donors (Lipinski definition) is 1. The van der Waals surface area contributed by atoms with Crippen LogP contribution >= 0.6 is 0 Å². The zero-order valence-corrected chi connectivity index (χ0v) is 17.6. The molecule has 0 heterocycles. The Morgan fingerprint density at radius 1 is 1.07 bits per heavy atom. The molecular weight excluding hydrogens is 370 g/mol. The van der Waals surface area contributed by atoms with Crippen LogP contribution < -0.4 is 5.32 Å². The third-order valence-corrected chi connectivity index (χ3v) is 6.72. The lowest BCUT2D eigenvalue weighted by Crippen LogP contribution is -2.51. The van der Waals surface area contributed by atoms with Crippen molar-refractivity contribution in [2.75, 3.05) is 13.7 Å². The Morgan fingerprint density at radius 2 is 1.63 bits per heavy atom. The number of esters is 1. The Bertz CT molecular complexity index is 750. The zero-order valence-electron chi connectivity index (χ0n) is 16.7. The summed E-state index contributed by atoms with van der Waals surface area (Å²) in [6, 6.07) is 8.84. The summed E-state index contributed by atoms with van der Waals surface area (Å²) in [6.45, 7) is 7.85. The van der Waals surface area contributed by atoms with E-state index in [1.54, 1.807) is 51.1 Å². The van der Waals surface area contributed by atoms with Crippen LogP contribution in [0.4, 0.5) is 4.79 Å². The third-order valence-electron chi connectivity index (χ3n) is 3.93. The minimum atomic E-state index is -3.99. The van der Waals surface area contributed by atoms with Crippen LogP contribution in [0.3, 0.4) is 0 Å². The number of methoxy groups -OCH3 is 1. The number of benzene rings is 1. The molecule has 27 heavy (non-hydrogen) atoms. The summed E-state index contributed by atoms with van der Waals surface area (Å²) in [5, 5.41) is 1.09. The normalized spacial score (nSPS) is 13.6. The lowest BCUT2D eigenvalue weighted by molar-refractivity contribution is -0.140. The number of sulfone groups is 1. The molecule has 0 fully saturated rings. The van der Waals surface area contributed by atoms with E-state index in [0.717, 1.165) is 7.11 Å². The summed E-state index contributed by atoms with van der Waals surface area (Å²) < 4.78 is 34.8. The van der Waals surface area contributed by atoms with Crippen molar-refractivity contribution in [1.82, 2.24) is 5.32 Å². The number of ether oxygens (including phenoxy) is 2. The van der Waals surface area contributed by atoms with Gasteiger partial charge in [-0.25, -0.2) is 13.2 Å². The molecule has 1 atom stereocenters. The molecule has 1 aromatic carbocycles. The second kappa shape index (κ2) is 8.73. The van der Waals surface area contributed by atoms with Gasteiger partial charge in [-0.3, -0.25) is 4.79 Å². The van der Waals surface area contributed by atoms with Crippen LogP contribution in [0.5, 0.6) is 0 Å². The molecule has 1 unspecified atom stereocenters. The highest BCUT2D eigenvalue weighted by molar-refractivity contribution is 7.94. The van der Waals surface area contributed by atoms with Gasteiger partial charge in [0.1, 0.15) is 5.60 Å². The van der Waals surface area contributed by atoms with E-state index in [-0.39, 0.29) is 13.0 Å². The average Bonchev–Trinajstić information content (AvgIpc) is 2.56. The van der Waals surface area contributed by atoms with Gasteiger partial charge >= 0.3 is 12.1 Å². The van der Waals surface area contributed by atoms with Crippen molar-refractivity contribution in [3.8, 4) is 0 Å². The van der Waals surface area contributed by atoms with E-state index < -0.39 is 37.5 Å². The fraction of sp³-hybridized carbons (Fsp3) is 0.579. The summed E-state index contributed by atoms with van der Waals surface area (Å²) in [7, 11) is -2.84. The summed E-state index contributed by atoms with van der Waals surface area (Å²) >= 11 is 0. The van der Waals surface area contributed by atoms with Crippen molar-refractivity contribution in [1.29, 1.82) is 0 Å². The van der Waals surface area contributed by atoms with Crippen LogP contribution in [0.2, 0.25) is 0 Å². The molecule has 0 aliphatic heterocycles. The predicted octanol–water partition coefficient (Wildman–Crippen LogP) is 2.49. The first-order valence-corrected chi connectivity index (χ1v) is 10.2. The number of nitrogens with one attached hydrogen (secondary N) is 1. The van der Waals surface area contributed by atoms with Gasteiger partial charge in [0, 0.05) is 6.54 Å². The summed E-state index contributed by atoms with van der Waals surface area (Å²) in [4.78, 5) is 24.1. The largest absolute Gasteiger partial charge is 0.468 e. The van der Waals surface area contributed by atoms with E-state index >= 15 is 0 Å². The quantitative estimate of drug-likeness (QED) is 0.707. The molecule has 0 saturated carbocycles. The van der Waals surface area contributed by atoms with Crippen LogP contribution in [0.1, 0.15) is 40.2 Å². The second-order valence-corrected chi connectivity index (χ2v) is 10.6. The molecule has 1 aromatic rings. The SMILES string of the molecule is COC(=O)C(Cc1ccccc1)S(=O)(=O)C(C)(C)CNC(=O)OC(C)(C)C. The van der Waals surface area contributed by atoms with Gasteiger partial charge in [-0.1, -0.05) is 30.3 Å². The fourth-order valence-corrected chi connectivity index (χ4v) is 4.17. The Labute approximate surface area is 161 Å². The van der Waals surface area contributed by atoms with Crippen molar-refractivity contribution in [2.24, 2.45) is 0 Å². The molecule has 1 N–H and O–H groups in total. The van der Waals surface area contributed by atoms with E-state index in [2.05, 4.69) is 5.32 Å². The molecule has 1 amide bonds. The summed E-state index contributed by atoms with van der Waals surface area (Å²) in [6.07, 6.45) is -0.727. The molecular formula is C19H29NO6S. The Kier molecular flexibility index (Phi) is 7.42. The van der Waals surface area contributed by atoms with E-state index in [1.807, 2.05) is 0 Å². The fourth-order valence-electron chi connectivity index (χ4n) is 2.36. The molecule has 7 nitrogen and oxygen atoms in total. The Morgan fingerprint density at radius 3 is 2.11 bits per heavy atom. The van der Waals surface area contributed by atoms with Crippen LogP contribution in [-0.2, 0) is 30.5 Å². The van der Waals surface area contributed by atoms with Crippen LogP contribution in [0.25, 0.3) is 0 Å². The summed E-state index contributed by atoms with van der Waals surface area (Å²) in [5.41, 5.74) is 0.00183. The highest BCUT2D eigenvalue weighted by Gasteiger charge is 2.45. The smallest absolute Gasteiger partial charge is 0.407 e. The molecule has 0 aromatic heterocycles. The van der Waals surface area contributed by atoms with Gasteiger partial charge in [-0.2, -0.15) is 0 Å². The lowest BCUT2D eigenvalue weighted by atomic mass is 10.1.